The molecule has 8 rings (SSSR count). The number of imidazole rings is 1. The molecule has 3 aliphatic rings. The molecule has 4 aromatic carbocycles. The second kappa shape index (κ2) is 7.87. The van der Waals surface area contributed by atoms with Gasteiger partial charge >= 0.3 is 0 Å². The Morgan fingerprint density at radius 1 is 0.705 bits per heavy atom. The van der Waals surface area contributed by atoms with Crippen molar-refractivity contribution in [2.75, 3.05) is 5.32 Å². The minimum Gasteiger partial charge on any atom is -0.505 e. The van der Waals surface area contributed by atoms with Gasteiger partial charge in [0.2, 0.25) is 0 Å². The quantitative estimate of drug-likeness (QED) is 0.159. The monoisotopic (exact) mass is 583 g/mol. The first-order valence-corrected chi connectivity index (χ1v) is 15.7. The van der Waals surface area contributed by atoms with Gasteiger partial charge in [0.05, 0.1) is 0 Å². The summed E-state index contributed by atoms with van der Waals surface area (Å²) >= 11 is 0. The molecule has 2 heterocycles. The fourth-order valence-corrected chi connectivity index (χ4v) is 8.56. The fourth-order valence-electron chi connectivity index (χ4n) is 8.56. The van der Waals surface area contributed by atoms with Crippen LogP contribution in [-0.2, 0) is 21.9 Å². The molecule has 1 aromatic heterocycles. The number of hydrogen-bond donors (Lipinski definition) is 3. The summed E-state index contributed by atoms with van der Waals surface area (Å²) in [5.74, 6) is 1.10. The van der Waals surface area contributed by atoms with Crippen LogP contribution in [0.4, 0.5) is 5.69 Å². The van der Waals surface area contributed by atoms with E-state index in [0.717, 1.165) is 50.5 Å². The second-order valence-electron chi connectivity index (χ2n) is 15.7. The number of phenolic OH excluding ortho intramolecular Hbond substituents is 2. The molecule has 2 aliphatic carbocycles. The molecule has 5 aromatic rings. The maximum atomic E-state index is 12.6. The van der Waals surface area contributed by atoms with Crippen LogP contribution in [0.25, 0.3) is 33.5 Å². The van der Waals surface area contributed by atoms with Crippen LogP contribution >= 0.6 is 0 Å². The lowest BCUT2D eigenvalue weighted by molar-refractivity contribution is 0.123. The van der Waals surface area contributed by atoms with E-state index in [9.17, 15) is 10.2 Å². The lowest BCUT2D eigenvalue weighted by Gasteiger charge is -2.44. The highest BCUT2D eigenvalue weighted by Crippen LogP contribution is 2.68. The molecular weight excluding hydrogens is 542 g/mol. The van der Waals surface area contributed by atoms with Crippen molar-refractivity contribution < 1.29 is 10.2 Å². The molecule has 0 fully saturated rings. The van der Waals surface area contributed by atoms with Gasteiger partial charge in [-0.1, -0.05) is 117 Å². The zero-order valence-corrected chi connectivity index (χ0v) is 27.1. The number of aromatic hydroxyl groups is 2. The first-order valence-electron chi connectivity index (χ1n) is 15.7. The average molecular weight is 584 g/mol. The molecular formula is C39H41N3O2. The van der Waals surface area contributed by atoms with Crippen LogP contribution in [0.1, 0.15) is 90.1 Å². The van der Waals surface area contributed by atoms with Crippen LogP contribution < -0.4 is 5.32 Å². The van der Waals surface area contributed by atoms with Crippen molar-refractivity contribution in [1.82, 2.24) is 9.55 Å². The number of aromatic nitrogens is 2. The molecule has 1 aliphatic heterocycles. The van der Waals surface area contributed by atoms with Gasteiger partial charge in [-0.15, -0.1) is 0 Å². The molecule has 0 unspecified atom stereocenters. The minimum absolute atomic E-state index is 0.0474. The highest BCUT2D eigenvalue weighted by atomic mass is 16.3. The van der Waals surface area contributed by atoms with Gasteiger partial charge in [0.1, 0.15) is 28.4 Å². The second-order valence-corrected chi connectivity index (χ2v) is 15.7. The minimum atomic E-state index is -0.896. The Labute approximate surface area is 259 Å². The average Bonchev–Trinajstić information content (AvgIpc) is 3.53. The molecule has 5 heteroatoms. The predicted molar refractivity (Wildman–Crippen MR) is 179 cm³/mol. The van der Waals surface area contributed by atoms with Crippen LogP contribution in [0.2, 0.25) is 0 Å². The first kappa shape index (κ1) is 27.3. The van der Waals surface area contributed by atoms with Gasteiger partial charge in [0, 0.05) is 33.5 Å². The number of anilines is 1. The zero-order valence-electron chi connectivity index (χ0n) is 27.1. The van der Waals surface area contributed by atoms with Crippen molar-refractivity contribution in [3.05, 3.63) is 94.5 Å². The van der Waals surface area contributed by atoms with Crippen LogP contribution in [0.15, 0.2) is 66.7 Å². The van der Waals surface area contributed by atoms with E-state index in [0.29, 0.717) is 11.0 Å². The van der Waals surface area contributed by atoms with Gasteiger partial charge in [0.25, 0.3) is 0 Å². The Balaban J connectivity index is 1.59. The van der Waals surface area contributed by atoms with E-state index in [4.69, 9.17) is 4.98 Å². The van der Waals surface area contributed by atoms with E-state index in [1.165, 1.54) is 5.56 Å². The van der Waals surface area contributed by atoms with Gasteiger partial charge in [-0.25, -0.2) is 4.98 Å². The third-order valence-corrected chi connectivity index (χ3v) is 12.1. The molecule has 0 saturated carbocycles. The molecule has 0 radical (unpaired) electrons. The van der Waals surface area contributed by atoms with Crippen molar-refractivity contribution >= 4 is 16.7 Å². The van der Waals surface area contributed by atoms with Gasteiger partial charge < -0.3 is 15.5 Å². The van der Waals surface area contributed by atoms with Crippen LogP contribution in [-0.4, -0.2) is 19.8 Å². The largest absolute Gasteiger partial charge is 0.505 e. The summed E-state index contributed by atoms with van der Waals surface area (Å²) < 4.78 is 2.18. The molecule has 3 N–H and O–H groups in total. The van der Waals surface area contributed by atoms with Crippen molar-refractivity contribution in [1.29, 1.82) is 0 Å². The number of nitrogens with zero attached hydrogens (tertiary/aromatic N) is 2. The smallest absolute Gasteiger partial charge is 0.170 e. The number of phenols is 2. The van der Waals surface area contributed by atoms with E-state index >= 15 is 0 Å². The highest BCUT2D eigenvalue weighted by molar-refractivity contribution is 5.99. The molecule has 224 valence electrons. The Kier molecular flexibility index (Phi) is 4.89. The van der Waals surface area contributed by atoms with Crippen LogP contribution in [0.5, 0.6) is 11.5 Å². The summed E-state index contributed by atoms with van der Waals surface area (Å²) in [6.45, 7) is 19.9. The molecule has 1 spiro atoms. The Bertz CT molecular complexity index is 2040. The summed E-state index contributed by atoms with van der Waals surface area (Å²) in [6.07, 6.45) is 0. The number of fused-ring (bicyclic) bond motifs is 12. The number of hydrogen-bond acceptors (Lipinski definition) is 4. The van der Waals surface area contributed by atoms with Crippen molar-refractivity contribution in [3.8, 4) is 34.0 Å². The summed E-state index contributed by atoms with van der Waals surface area (Å²) in [5, 5.41) is 28.9. The Morgan fingerprint density at radius 3 is 1.82 bits per heavy atom. The lowest BCUT2D eigenvalue weighted by atomic mass is 9.59. The number of benzene rings is 4. The third kappa shape index (κ3) is 2.85. The summed E-state index contributed by atoms with van der Waals surface area (Å²) in [5.41, 5.74) is 8.20. The molecule has 0 saturated heterocycles. The predicted octanol–water partition coefficient (Wildman–Crippen LogP) is 9.16. The standard InChI is InChI=1S/C39H41N3O2/c1-35(2,3)21-18-19-24-27(20-21)41-39(25-16-12-10-14-22(25)23-15-11-13-17-26(23)39)42-31-30(40-34(24)42)32(43)28-29(33(31)44)37(6,7)38(8,9)36(28,4)5/h10-20,41,43-44H,1-9H3. The SMILES string of the molecule is CC(C)(C)c1ccc2c(c1)NC1(c3ccccc3-c3ccccc31)n1c-2nc2c(O)c3c(c(O)c21)C(C)(C)C(C)(C)C3(C)C. The molecule has 5 nitrogen and oxygen atoms in total. The molecule has 0 atom stereocenters. The van der Waals surface area contributed by atoms with E-state index in [2.05, 4.69) is 139 Å². The van der Waals surface area contributed by atoms with Crippen molar-refractivity contribution in [3.63, 3.8) is 0 Å². The fraction of sp³-hybridized carbons (Fsp3) is 0.359. The zero-order chi connectivity index (χ0) is 31.4. The molecule has 0 amide bonds. The van der Waals surface area contributed by atoms with Gasteiger partial charge in [-0.05, 0) is 50.5 Å². The summed E-state index contributed by atoms with van der Waals surface area (Å²) in [4.78, 5) is 5.26. The molecule has 44 heavy (non-hydrogen) atoms. The normalized spacial score (nSPS) is 19.2. The number of nitrogens with one attached hydrogen (secondary N) is 1. The third-order valence-electron chi connectivity index (χ3n) is 12.1. The van der Waals surface area contributed by atoms with E-state index in [1.807, 2.05) is 0 Å². The maximum absolute atomic E-state index is 12.6. The van der Waals surface area contributed by atoms with E-state index < -0.39 is 16.5 Å². The Morgan fingerprint density at radius 2 is 1.25 bits per heavy atom. The molecule has 0 bridgehead atoms. The van der Waals surface area contributed by atoms with Gasteiger partial charge in [-0.2, -0.15) is 0 Å². The lowest BCUT2D eigenvalue weighted by Crippen LogP contribution is -2.45. The van der Waals surface area contributed by atoms with E-state index in [-0.39, 0.29) is 22.3 Å². The van der Waals surface area contributed by atoms with Crippen molar-refractivity contribution in [2.45, 2.75) is 84.2 Å². The Hall–Kier alpha value is -4.25. The van der Waals surface area contributed by atoms with E-state index in [1.54, 1.807) is 0 Å². The van der Waals surface area contributed by atoms with Crippen LogP contribution in [0.3, 0.4) is 0 Å². The highest BCUT2D eigenvalue weighted by Gasteiger charge is 2.61. The number of rotatable bonds is 0. The first-order chi connectivity index (χ1) is 20.6. The van der Waals surface area contributed by atoms with Gasteiger partial charge in [-0.3, -0.25) is 4.57 Å². The topological polar surface area (TPSA) is 70.3 Å². The maximum Gasteiger partial charge on any atom is 0.170 e. The van der Waals surface area contributed by atoms with Crippen molar-refractivity contribution in [2.24, 2.45) is 5.41 Å². The summed E-state index contributed by atoms with van der Waals surface area (Å²) in [6, 6.07) is 23.6. The van der Waals surface area contributed by atoms with Crippen LogP contribution in [0, 0.1) is 5.41 Å². The summed E-state index contributed by atoms with van der Waals surface area (Å²) in [7, 11) is 0. The van der Waals surface area contributed by atoms with Gasteiger partial charge in [0.15, 0.2) is 5.66 Å².